The number of aromatic nitrogens is 3. The molecule has 0 aliphatic rings. The number of rotatable bonds is 4. The van der Waals surface area contributed by atoms with Gasteiger partial charge >= 0.3 is 0 Å². The van der Waals surface area contributed by atoms with Gasteiger partial charge in [0.15, 0.2) is 5.82 Å². The number of anilines is 3. The second-order valence-corrected chi connectivity index (χ2v) is 3.85. The quantitative estimate of drug-likeness (QED) is 0.672. The summed E-state index contributed by atoms with van der Waals surface area (Å²) in [6.45, 7) is 0.757. The number of benzene rings is 1. The Morgan fingerprint density at radius 1 is 1.29 bits per heavy atom. The van der Waals surface area contributed by atoms with Crippen LogP contribution in [0, 0.1) is 0 Å². The van der Waals surface area contributed by atoms with Crippen LogP contribution < -0.4 is 16.8 Å². The van der Waals surface area contributed by atoms with E-state index in [1.807, 2.05) is 19.2 Å². The Kier molecular flexibility index (Phi) is 3.13. The van der Waals surface area contributed by atoms with E-state index >= 15 is 0 Å². The lowest BCUT2D eigenvalue weighted by atomic mass is 10.2. The van der Waals surface area contributed by atoms with Gasteiger partial charge in [0.05, 0.1) is 11.4 Å². The molecule has 0 atom stereocenters. The molecular formula is C11H16N6. The standard InChI is InChI=1S/C11H16N6/c1-17-7-15-11(16-17)4-5-14-8-2-3-9(12)10(13)6-8/h2-3,6-7,14H,4-5,12-13H2,1H3. The van der Waals surface area contributed by atoms with Gasteiger partial charge in [-0.25, -0.2) is 4.98 Å². The first-order valence-electron chi connectivity index (χ1n) is 5.38. The topological polar surface area (TPSA) is 94.8 Å². The fourth-order valence-electron chi connectivity index (χ4n) is 1.50. The zero-order chi connectivity index (χ0) is 12.3. The van der Waals surface area contributed by atoms with Crippen molar-refractivity contribution in [3.8, 4) is 0 Å². The molecule has 90 valence electrons. The molecule has 0 spiro atoms. The fraction of sp³-hybridized carbons (Fsp3) is 0.273. The summed E-state index contributed by atoms with van der Waals surface area (Å²) in [6.07, 6.45) is 2.46. The summed E-state index contributed by atoms with van der Waals surface area (Å²) in [7, 11) is 1.85. The predicted molar refractivity (Wildman–Crippen MR) is 68.5 cm³/mol. The van der Waals surface area contributed by atoms with Crippen molar-refractivity contribution in [2.24, 2.45) is 7.05 Å². The molecule has 0 aliphatic heterocycles. The van der Waals surface area contributed by atoms with Crippen LogP contribution in [0.2, 0.25) is 0 Å². The van der Waals surface area contributed by atoms with Crippen molar-refractivity contribution in [3.05, 3.63) is 30.4 Å². The van der Waals surface area contributed by atoms with Gasteiger partial charge in [-0.15, -0.1) is 0 Å². The largest absolute Gasteiger partial charge is 0.397 e. The Bertz CT molecular complexity index is 504. The van der Waals surface area contributed by atoms with Gasteiger partial charge in [0, 0.05) is 25.7 Å². The highest BCUT2D eigenvalue weighted by Gasteiger charge is 2.00. The highest BCUT2D eigenvalue weighted by atomic mass is 15.3. The minimum absolute atomic E-state index is 0.589. The number of nitrogens with one attached hydrogen (secondary N) is 1. The van der Waals surface area contributed by atoms with E-state index in [1.165, 1.54) is 0 Å². The first kappa shape index (κ1) is 11.3. The van der Waals surface area contributed by atoms with Crippen LogP contribution in [-0.4, -0.2) is 21.3 Å². The van der Waals surface area contributed by atoms with E-state index < -0.39 is 0 Å². The van der Waals surface area contributed by atoms with Crippen LogP contribution in [0.3, 0.4) is 0 Å². The van der Waals surface area contributed by atoms with Crippen molar-refractivity contribution in [3.63, 3.8) is 0 Å². The summed E-state index contributed by atoms with van der Waals surface area (Å²) in [5, 5.41) is 7.44. The van der Waals surface area contributed by atoms with Crippen molar-refractivity contribution in [2.45, 2.75) is 6.42 Å². The molecule has 0 saturated carbocycles. The molecule has 0 bridgehead atoms. The predicted octanol–water partition coefficient (Wildman–Crippen LogP) is 0.634. The van der Waals surface area contributed by atoms with Crippen LogP contribution in [0.25, 0.3) is 0 Å². The zero-order valence-corrected chi connectivity index (χ0v) is 9.72. The van der Waals surface area contributed by atoms with Crippen molar-refractivity contribution < 1.29 is 0 Å². The van der Waals surface area contributed by atoms with Crippen LogP contribution in [0.4, 0.5) is 17.1 Å². The van der Waals surface area contributed by atoms with Gasteiger partial charge in [0.2, 0.25) is 0 Å². The lowest BCUT2D eigenvalue weighted by Crippen LogP contribution is -2.07. The molecular weight excluding hydrogens is 216 g/mol. The average Bonchev–Trinajstić information content (AvgIpc) is 2.70. The van der Waals surface area contributed by atoms with Crippen LogP contribution in [0.5, 0.6) is 0 Å². The first-order valence-corrected chi connectivity index (χ1v) is 5.38. The fourth-order valence-corrected chi connectivity index (χ4v) is 1.50. The van der Waals surface area contributed by atoms with Gasteiger partial charge in [0.25, 0.3) is 0 Å². The SMILES string of the molecule is Cn1cnc(CCNc2ccc(N)c(N)c2)n1. The van der Waals surface area contributed by atoms with Gasteiger partial charge in [-0.2, -0.15) is 5.10 Å². The van der Waals surface area contributed by atoms with E-state index in [9.17, 15) is 0 Å². The third-order valence-electron chi connectivity index (χ3n) is 2.41. The molecule has 1 aromatic heterocycles. The minimum atomic E-state index is 0.589. The molecule has 1 heterocycles. The first-order chi connectivity index (χ1) is 8.15. The maximum absolute atomic E-state index is 5.71. The number of hydrogen-bond donors (Lipinski definition) is 3. The normalized spacial score (nSPS) is 10.4. The number of aryl methyl sites for hydroxylation is 1. The summed E-state index contributed by atoms with van der Waals surface area (Å²) >= 11 is 0. The second kappa shape index (κ2) is 4.73. The van der Waals surface area contributed by atoms with Crippen LogP contribution in [0.15, 0.2) is 24.5 Å². The van der Waals surface area contributed by atoms with E-state index in [4.69, 9.17) is 11.5 Å². The summed E-state index contributed by atoms with van der Waals surface area (Å²) in [6, 6.07) is 5.51. The molecule has 6 heteroatoms. The average molecular weight is 232 g/mol. The molecule has 2 rings (SSSR count). The molecule has 1 aromatic carbocycles. The number of nitrogen functional groups attached to an aromatic ring is 2. The van der Waals surface area contributed by atoms with E-state index in [0.717, 1.165) is 24.5 Å². The van der Waals surface area contributed by atoms with E-state index in [-0.39, 0.29) is 0 Å². The Morgan fingerprint density at radius 2 is 2.12 bits per heavy atom. The van der Waals surface area contributed by atoms with Crippen LogP contribution in [0.1, 0.15) is 5.82 Å². The van der Waals surface area contributed by atoms with E-state index in [2.05, 4.69) is 15.4 Å². The summed E-state index contributed by atoms with van der Waals surface area (Å²) in [5.74, 6) is 0.823. The Labute approximate surface area is 99.6 Å². The lowest BCUT2D eigenvalue weighted by Gasteiger charge is -2.07. The summed E-state index contributed by atoms with van der Waals surface area (Å²) in [4.78, 5) is 4.15. The molecule has 17 heavy (non-hydrogen) atoms. The molecule has 0 fully saturated rings. The van der Waals surface area contributed by atoms with Gasteiger partial charge in [0.1, 0.15) is 6.33 Å². The van der Waals surface area contributed by atoms with Crippen molar-refractivity contribution in [1.29, 1.82) is 0 Å². The Morgan fingerprint density at radius 3 is 2.76 bits per heavy atom. The summed E-state index contributed by atoms with van der Waals surface area (Å²) < 4.78 is 1.69. The molecule has 0 aliphatic carbocycles. The number of hydrogen-bond acceptors (Lipinski definition) is 5. The highest BCUT2D eigenvalue weighted by molar-refractivity contribution is 5.69. The van der Waals surface area contributed by atoms with E-state index in [1.54, 1.807) is 17.1 Å². The molecule has 0 amide bonds. The smallest absolute Gasteiger partial charge is 0.152 e. The highest BCUT2D eigenvalue weighted by Crippen LogP contribution is 2.19. The van der Waals surface area contributed by atoms with Crippen LogP contribution >= 0.6 is 0 Å². The Balaban J connectivity index is 1.87. The molecule has 2 aromatic rings. The summed E-state index contributed by atoms with van der Waals surface area (Å²) in [5.41, 5.74) is 13.5. The zero-order valence-electron chi connectivity index (χ0n) is 9.72. The van der Waals surface area contributed by atoms with Gasteiger partial charge in [-0.3, -0.25) is 4.68 Å². The molecule has 0 unspecified atom stereocenters. The van der Waals surface area contributed by atoms with E-state index in [0.29, 0.717) is 11.4 Å². The third kappa shape index (κ3) is 2.87. The monoisotopic (exact) mass is 232 g/mol. The van der Waals surface area contributed by atoms with Crippen molar-refractivity contribution in [1.82, 2.24) is 14.8 Å². The van der Waals surface area contributed by atoms with Gasteiger partial charge in [-0.05, 0) is 18.2 Å². The molecule has 0 radical (unpaired) electrons. The lowest BCUT2D eigenvalue weighted by molar-refractivity contribution is 0.742. The molecule has 6 nitrogen and oxygen atoms in total. The maximum Gasteiger partial charge on any atom is 0.152 e. The second-order valence-electron chi connectivity index (χ2n) is 3.85. The number of nitrogens with two attached hydrogens (primary N) is 2. The van der Waals surface area contributed by atoms with Gasteiger partial charge in [-0.1, -0.05) is 0 Å². The molecule has 0 saturated heterocycles. The number of nitrogens with zero attached hydrogens (tertiary/aromatic N) is 3. The van der Waals surface area contributed by atoms with Crippen molar-refractivity contribution in [2.75, 3.05) is 23.3 Å². The van der Waals surface area contributed by atoms with Gasteiger partial charge < -0.3 is 16.8 Å². The third-order valence-corrected chi connectivity index (χ3v) is 2.41. The van der Waals surface area contributed by atoms with Crippen molar-refractivity contribution >= 4 is 17.1 Å². The maximum atomic E-state index is 5.71. The molecule has 5 N–H and O–H groups in total. The Hall–Kier alpha value is -2.24. The van der Waals surface area contributed by atoms with Crippen LogP contribution in [-0.2, 0) is 13.5 Å². The minimum Gasteiger partial charge on any atom is -0.397 e.